The number of rotatable bonds is 7. The van der Waals surface area contributed by atoms with Crippen LogP contribution >= 0.6 is 0 Å². The summed E-state index contributed by atoms with van der Waals surface area (Å²) in [7, 11) is 0. The highest BCUT2D eigenvalue weighted by Gasteiger charge is 2.32. The highest BCUT2D eigenvalue weighted by molar-refractivity contribution is 6.03. The van der Waals surface area contributed by atoms with Crippen LogP contribution in [0, 0.1) is 0 Å². The van der Waals surface area contributed by atoms with Gasteiger partial charge in [-0.2, -0.15) is 0 Å². The van der Waals surface area contributed by atoms with E-state index in [-0.39, 0.29) is 46.5 Å². The molecule has 1 unspecified atom stereocenters. The van der Waals surface area contributed by atoms with Crippen LogP contribution in [0.25, 0.3) is 0 Å². The first kappa shape index (κ1) is 23.3. The number of phenolic OH excluding ortho intramolecular Hbond substituents is 4. The number of carbonyl (C=O) groups excluding carboxylic acids is 1. The van der Waals surface area contributed by atoms with Crippen molar-refractivity contribution in [3.63, 3.8) is 0 Å². The van der Waals surface area contributed by atoms with Crippen LogP contribution < -0.4 is 4.74 Å². The van der Waals surface area contributed by atoms with E-state index in [4.69, 9.17) is 4.74 Å². The second kappa shape index (κ2) is 9.81. The Morgan fingerprint density at radius 3 is 2.44 bits per heavy atom. The van der Waals surface area contributed by atoms with Crippen molar-refractivity contribution in [2.75, 3.05) is 0 Å². The first-order valence-corrected chi connectivity index (χ1v) is 10.8. The summed E-state index contributed by atoms with van der Waals surface area (Å²) in [4.78, 5) is 12.8. The molecule has 0 amide bonds. The molecule has 0 aliphatic carbocycles. The average Bonchev–Trinajstić information content (AvgIpc) is 2.71. The molecular formula is C26H30O6. The summed E-state index contributed by atoms with van der Waals surface area (Å²) in [5.41, 5.74) is 3.43. The molecule has 3 rings (SSSR count). The maximum Gasteiger partial charge on any atom is 0.174 e. The van der Waals surface area contributed by atoms with Gasteiger partial charge in [-0.3, -0.25) is 4.79 Å². The van der Waals surface area contributed by atoms with Crippen molar-refractivity contribution in [3.05, 3.63) is 64.3 Å². The molecule has 0 radical (unpaired) electrons. The summed E-state index contributed by atoms with van der Waals surface area (Å²) in [6.07, 6.45) is 6.51. The zero-order valence-corrected chi connectivity index (χ0v) is 18.7. The smallest absolute Gasteiger partial charge is 0.174 e. The third-order valence-electron chi connectivity index (χ3n) is 5.61. The van der Waals surface area contributed by atoms with E-state index in [0.717, 1.165) is 12.8 Å². The Morgan fingerprint density at radius 2 is 1.75 bits per heavy atom. The Bertz CT molecular complexity index is 1080. The Kier molecular flexibility index (Phi) is 7.13. The molecule has 0 saturated carbocycles. The molecule has 0 saturated heterocycles. The predicted octanol–water partition coefficient (Wildman–Crippen LogP) is 5.84. The number of ether oxygens (including phenoxy) is 1. The van der Waals surface area contributed by atoms with Gasteiger partial charge in [0, 0.05) is 11.6 Å². The van der Waals surface area contributed by atoms with Gasteiger partial charge in [0.05, 0.1) is 6.42 Å². The SMILES string of the molecule is CC(C)=CCCC(C)=CCCc1c(O)cc2c(c1O)C(=O)CC(c1ccc(O)c(O)c1)O2. The van der Waals surface area contributed by atoms with Crippen molar-refractivity contribution < 1.29 is 30.0 Å². The van der Waals surface area contributed by atoms with Crippen molar-refractivity contribution in [1.82, 2.24) is 0 Å². The van der Waals surface area contributed by atoms with Gasteiger partial charge < -0.3 is 25.2 Å². The van der Waals surface area contributed by atoms with Crippen LogP contribution in [0.15, 0.2) is 47.6 Å². The molecule has 0 aromatic heterocycles. The van der Waals surface area contributed by atoms with Gasteiger partial charge in [0.25, 0.3) is 0 Å². The van der Waals surface area contributed by atoms with Gasteiger partial charge >= 0.3 is 0 Å². The van der Waals surface area contributed by atoms with E-state index in [9.17, 15) is 25.2 Å². The molecule has 2 aromatic rings. The molecule has 170 valence electrons. The van der Waals surface area contributed by atoms with Gasteiger partial charge in [-0.1, -0.05) is 29.4 Å². The molecule has 4 N–H and O–H groups in total. The average molecular weight is 439 g/mol. The van der Waals surface area contributed by atoms with Crippen LogP contribution in [-0.2, 0) is 6.42 Å². The van der Waals surface area contributed by atoms with E-state index < -0.39 is 6.10 Å². The molecule has 6 heteroatoms. The summed E-state index contributed by atoms with van der Waals surface area (Å²) in [5, 5.41) is 40.4. The van der Waals surface area contributed by atoms with Gasteiger partial charge in [-0.25, -0.2) is 0 Å². The number of hydrogen-bond acceptors (Lipinski definition) is 6. The number of hydrogen-bond donors (Lipinski definition) is 4. The monoisotopic (exact) mass is 438 g/mol. The number of benzene rings is 2. The van der Waals surface area contributed by atoms with E-state index in [1.807, 2.05) is 0 Å². The van der Waals surface area contributed by atoms with Crippen LogP contribution in [0.2, 0.25) is 0 Å². The van der Waals surface area contributed by atoms with Crippen molar-refractivity contribution >= 4 is 5.78 Å². The van der Waals surface area contributed by atoms with Crippen molar-refractivity contribution in [1.29, 1.82) is 0 Å². The fourth-order valence-corrected chi connectivity index (χ4v) is 3.83. The molecule has 0 spiro atoms. The highest BCUT2D eigenvalue weighted by atomic mass is 16.5. The van der Waals surface area contributed by atoms with Gasteiger partial charge in [0.2, 0.25) is 0 Å². The molecule has 1 aliphatic rings. The summed E-state index contributed by atoms with van der Waals surface area (Å²) in [6.45, 7) is 6.20. The van der Waals surface area contributed by atoms with Crippen molar-refractivity contribution in [3.8, 4) is 28.7 Å². The highest BCUT2D eigenvalue weighted by Crippen LogP contribution is 2.45. The molecule has 32 heavy (non-hydrogen) atoms. The Labute approximate surface area is 188 Å². The van der Waals surface area contributed by atoms with Gasteiger partial charge in [0.1, 0.15) is 28.9 Å². The number of aromatic hydroxyl groups is 4. The van der Waals surface area contributed by atoms with E-state index in [1.165, 1.54) is 29.3 Å². The quantitative estimate of drug-likeness (QED) is 0.319. The van der Waals surface area contributed by atoms with Crippen LogP contribution in [0.5, 0.6) is 28.7 Å². The summed E-state index contributed by atoms with van der Waals surface area (Å²) >= 11 is 0. The van der Waals surface area contributed by atoms with Gasteiger partial charge in [-0.05, 0) is 64.2 Å². The molecule has 0 bridgehead atoms. The maximum atomic E-state index is 12.8. The number of allylic oxidation sites excluding steroid dienone is 4. The third kappa shape index (κ3) is 5.25. The fraction of sp³-hybridized carbons (Fsp3) is 0.346. The number of Topliss-reactive ketones (excluding diaryl/α,β-unsaturated/α-hetero) is 1. The molecule has 2 aromatic carbocycles. The lowest BCUT2D eigenvalue weighted by molar-refractivity contribution is 0.0844. The number of ketones is 1. The standard InChI is InChI=1S/C26H30O6/c1-15(2)6-4-7-16(3)8-5-9-18-20(28)13-24-25(26(18)31)22(30)14-23(32-24)17-10-11-19(27)21(29)12-17/h6,8,10-13,23,27-29,31H,4-5,7,9,14H2,1-3H3. The summed E-state index contributed by atoms with van der Waals surface area (Å²) in [6, 6.07) is 5.57. The molecule has 1 aliphatic heterocycles. The normalized spacial score (nSPS) is 15.8. The summed E-state index contributed by atoms with van der Waals surface area (Å²) < 4.78 is 5.86. The Morgan fingerprint density at radius 1 is 1.00 bits per heavy atom. The zero-order valence-electron chi connectivity index (χ0n) is 18.7. The Hall–Kier alpha value is -3.41. The third-order valence-corrected chi connectivity index (χ3v) is 5.61. The summed E-state index contributed by atoms with van der Waals surface area (Å²) in [5.74, 6) is -1.15. The lowest BCUT2D eigenvalue weighted by Crippen LogP contribution is -2.21. The van der Waals surface area contributed by atoms with E-state index in [2.05, 4.69) is 32.9 Å². The van der Waals surface area contributed by atoms with E-state index >= 15 is 0 Å². The van der Waals surface area contributed by atoms with Gasteiger partial charge in [-0.15, -0.1) is 0 Å². The lowest BCUT2D eigenvalue weighted by atomic mass is 9.92. The largest absolute Gasteiger partial charge is 0.507 e. The van der Waals surface area contributed by atoms with E-state index in [1.54, 1.807) is 6.07 Å². The van der Waals surface area contributed by atoms with Crippen LogP contribution in [0.1, 0.15) is 74.0 Å². The minimum atomic E-state index is -0.697. The van der Waals surface area contributed by atoms with E-state index in [0.29, 0.717) is 24.0 Å². The number of phenols is 4. The predicted molar refractivity (Wildman–Crippen MR) is 123 cm³/mol. The second-order valence-electron chi connectivity index (χ2n) is 8.49. The van der Waals surface area contributed by atoms with Crippen molar-refractivity contribution in [2.45, 2.75) is 59.0 Å². The minimum absolute atomic E-state index is 0.0294. The zero-order chi connectivity index (χ0) is 23.4. The molecule has 1 heterocycles. The molecule has 1 atom stereocenters. The van der Waals surface area contributed by atoms with Crippen LogP contribution in [0.3, 0.4) is 0 Å². The number of carbonyl (C=O) groups is 1. The van der Waals surface area contributed by atoms with Crippen LogP contribution in [0.4, 0.5) is 0 Å². The first-order chi connectivity index (χ1) is 15.2. The lowest BCUT2D eigenvalue weighted by Gasteiger charge is -2.27. The molecular weight excluding hydrogens is 408 g/mol. The van der Waals surface area contributed by atoms with Crippen molar-refractivity contribution in [2.24, 2.45) is 0 Å². The maximum absolute atomic E-state index is 12.8. The molecule has 6 nitrogen and oxygen atoms in total. The van der Waals surface area contributed by atoms with Gasteiger partial charge in [0.15, 0.2) is 17.3 Å². The fourth-order valence-electron chi connectivity index (χ4n) is 3.83. The molecule has 0 fully saturated rings. The topological polar surface area (TPSA) is 107 Å². The number of fused-ring (bicyclic) bond motifs is 1. The van der Waals surface area contributed by atoms with Crippen LogP contribution in [-0.4, -0.2) is 26.2 Å². The minimum Gasteiger partial charge on any atom is -0.507 e. The first-order valence-electron chi connectivity index (χ1n) is 10.8. The Balaban J connectivity index is 1.76. The second-order valence-corrected chi connectivity index (χ2v) is 8.49.